The van der Waals surface area contributed by atoms with E-state index in [9.17, 15) is 22.4 Å². The van der Waals surface area contributed by atoms with Crippen LogP contribution in [-0.4, -0.2) is 45.8 Å². The fourth-order valence-electron chi connectivity index (χ4n) is 2.59. The monoisotopic (exact) mass is 425 g/mol. The summed E-state index contributed by atoms with van der Waals surface area (Å²) in [7, 11) is -1.34. The molecule has 0 saturated heterocycles. The number of rotatable bonds is 7. The number of carbonyl (C=O) groups excluding carboxylic acids is 2. The Morgan fingerprint density at radius 1 is 1.17 bits per heavy atom. The van der Waals surface area contributed by atoms with E-state index >= 15 is 0 Å². The number of amides is 1. The number of anilines is 1. The summed E-state index contributed by atoms with van der Waals surface area (Å²) >= 11 is 0. The van der Waals surface area contributed by atoms with Gasteiger partial charge in [-0.15, -0.1) is 0 Å². The van der Waals surface area contributed by atoms with Crippen LogP contribution in [0.1, 0.15) is 22.8 Å². The number of pyridine rings is 1. The third-order valence-corrected chi connectivity index (χ3v) is 4.75. The van der Waals surface area contributed by atoms with Gasteiger partial charge in [0.05, 0.1) is 32.4 Å². The fraction of sp³-hybridized carbons (Fsp3) is 0.278. The Hall–Kier alpha value is -3.05. The molecule has 0 saturated carbocycles. The van der Waals surface area contributed by atoms with Gasteiger partial charge in [0.1, 0.15) is 16.9 Å². The number of carbonyl (C=O) groups is 2. The lowest BCUT2D eigenvalue weighted by atomic mass is 9.92. The second-order valence-corrected chi connectivity index (χ2v) is 7.98. The lowest BCUT2D eigenvalue weighted by molar-refractivity contribution is -0.121. The van der Waals surface area contributed by atoms with Crippen LogP contribution in [0.2, 0.25) is 0 Å². The molecule has 0 aliphatic heterocycles. The third kappa shape index (κ3) is 5.27. The number of nitrogens with zero attached hydrogens (tertiary/aromatic N) is 1. The van der Waals surface area contributed by atoms with Gasteiger partial charge in [0, 0.05) is 0 Å². The van der Waals surface area contributed by atoms with Crippen molar-refractivity contribution in [3.63, 3.8) is 0 Å². The molecule has 0 aliphatic rings. The number of esters is 1. The van der Waals surface area contributed by atoms with E-state index in [-0.39, 0.29) is 22.7 Å². The van der Waals surface area contributed by atoms with Gasteiger partial charge >= 0.3 is 5.97 Å². The van der Waals surface area contributed by atoms with Gasteiger partial charge in [-0.2, -0.15) is 4.72 Å². The number of halogens is 1. The molecule has 11 heteroatoms. The van der Waals surface area contributed by atoms with Gasteiger partial charge < -0.3 is 14.8 Å². The molecule has 1 amide bonds. The molecule has 1 aromatic carbocycles. The second kappa shape index (κ2) is 8.53. The molecular formula is C18H20FN3O6S. The summed E-state index contributed by atoms with van der Waals surface area (Å²) in [4.78, 5) is 28.8. The fourth-order valence-corrected chi connectivity index (χ4v) is 3.54. The van der Waals surface area contributed by atoms with Crippen LogP contribution in [0.15, 0.2) is 36.5 Å². The summed E-state index contributed by atoms with van der Waals surface area (Å²) < 4.78 is 48.9. The molecule has 0 radical (unpaired) electrons. The number of benzene rings is 1. The van der Waals surface area contributed by atoms with E-state index in [1.165, 1.54) is 45.5 Å². The molecule has 1 aromatic heterocycles. The largest absolute Gasteiger partial charge is 0.480 e. The summed E-state index contributed by atoms with van der Waals surface area (Å²) in [6, 6.07) is 6.07. The van der Waals surface area contributed by atoms with Crippen molar-refractivity contribution < 1.29 is 31.9 Å². The number of sulfonamides is 1. The van der Waals surface area contributed by atoms with Gasteiger partial charge in [-0.1, -0.05) is 12.1 Å². The molecular weight excluding hydrogens is 405 g/mol. The van der Waals surface area contributed by atoms with Crippen LogP contribution in [0.5, 0.6) is 5.88 Å². The highest BCUT2D eigenvalue weighted by Gasteiger charge is 2.38. The van der Waals surface area contributed by atoms with Crippen LogP contribution in [0.3, 0.4) is 0 Å². The molecule has 0 spiro atoms. The van der Waals surface area contributed by atoms with Crippen molar-refractivity contribution in [1.82, 2.24) is 9.71 Å². The maximum atomic E-state index is 13.3. The van der Waals surface area contributed by atoms with E-state index in [1.54, 1.807) is 0 Å². The summed E-state index contributed by atoms with van der Waals surface area (Å²) in [6.45, 7) is 1.33. The predicted octanol–water partition coefficient (Wildman–Crippen LogP) is 1.42. The zero-order valence-corrected chi connectivity index (χ0v) is 17.0. The topological polar surface area (TPSA) is 124 Å². The number of ether oxygens (including phenoxy) is 2. The number of nitrogens with one attached hydrogen (secondary N) is 2. The molecule has 2 N–H and O–H groups in total. The van der Waals surface area contributed by atoms with E-state index in [2.05, 4.69) is 19.8 Å². The van der Waals surface area contributed by atoms with Crippen LogP contribution in [-0.2, 0) is 25.1 Å². The van der Waals surface area contributed by atoms with Crippen molar-refractivity contribution in [3.05, 3.63) is 53.5 Å². The van der Waals surface area contributed by atoms with Crippen molar-refractivity contribution in [3.8, 4) is 5.88 Å². The first-order valence-corrected chi connectivity index (χ1v) is 10.1. The van der Waals surface area contributed by atoms with Crippen molar-refractivity contribution in [2.24, 2.45) is 0 Å². The minimum absolute atomic E-state index is 0.00888. The SMILES string of the molecule is COC(=O)c1cc(NC(=O)C(C)(NS(C)(=O)=O)c2ccc(F)cc2)cnc1OC. The molecule has 2 aromatic rings. The maximum Gasteiger partial charge on any atom is 0.343 e. The first-order chi connectivity index (χ1) is 13.5. The minimum Gasteiger partial charge on any atom is -0.480 e. The predicted molar refractivity (Wildman–Crippen MR) is 102 cm³/mol. The van der Waals surface area contributed by atoms with Crippen molar-refractivity contribution >= 4 is 27.6 Å². The first-order valence-electron chi connectivity index (χ1n) is 8.19. The number of hydrogen-bond acceptors (Lipinski definition) is 7. The zero-order chi connectivity index (χ0) is 21.8. The molecule has 1 heterocycles. The summed E-state index contributed by atoms with van der Waals surface area (Å²) in [5.74, 6) is -2.07. The van der Waals surface area contributed by atoms with Crippen LogP contribution in [0.25, 0.3) is 0 Å². The van der Waals surface area contributed by atoms with E-state index in [0.29, 0.717) is 0 Å². The summed E-state index contributed by atoms with van der Waals surface area (Å²) in [5.41, 5.74) is -1.50. The van der Waals surface area contributed by atoms with E-state index in [0.717, 1.165) is 18.4 Å². The lowest BCUT2D eigenvalue weighted by Gasteiger charge is -2.29. The first kappa shape index (κ1) is 22.2. The van der Waals surface area contributed by atoms with Gasteiger partial charge in [-0.05, 0) is 30.7 Å². The van der Waals surface area contributed by atoms with E-state index in [4.69, 9.17) is 4.74 Å². The van der Waals surface area contributed by atoms with Crippen molar-refractivity contribution in [1.29, 1.82) is 0 Å². The summed E-state index contributed by atoms with van der Waals surface area (Å²) in [6.07, 6.45) is 2.13. The van der Waals surface area contributed by atoms with Crippen LogP contribution >= 0.6 is 0 Å². The van der Waals surface area contributed by atoms with Crippen molar-refractivity contribution in [2.75, 3.05) is 25.8 Å². The maximum absolute atomic E-state index is 13.3. The quantitative estimate of drug-likeness (QED) is 0.643. The molecule has 0 fully saturated rings. The highest BCUT2D eigenvalue weighted by atomic mass is 32.2. The van der Waals surface area contributed by atoms with Gasteiger partial charge in [-0.3, -0.25) is 4.79 Å². The van der Waals surface area contributed by atoms with Crippen LogP contribution in [0.4, 0.5) is 10.1 Å². The van der Waals surface area contributed by atoms with Gasteiger partial charge in [-0.25, -0.2) is 22.6 Å². The zero-order valence-electron chi connectivity index (χ0n) is 16.1. The van der Waals surface area contributed by atoms with Crippen LogP contribution < -0.4 is 14.8 Å². The molecule has 1 atom stereocenters. The Balaban J connectivity index is 2.45. The Bertz CT molecular complexity index is 1030. The van der Waals surface area contributed by atoms with E-state index < -0.39 is 33.3 Å². The summed E-state index contributed by atoms with van der Waals surface area (Å²) in [5, 5.41) is 2.50. The van der Waals surface area contributed by atoms with E-state index in [1.807, 2.05) is 0 Å². The molecule has 29 heavy (non-hydrogen) atoms. The molecule has 0 bridgehead atoms. The molecule has 1 unspecified atom stereocenters. The Morgan fingerprint density at radius 3 is 2.31 bits per heavy atom. The van der Waals surface area contributed by atoms with Gasteiger partial charge in [0.2, 0.25) is 21.8 Å². The third-order valence-electron chi connectivity index (χ3n) is 3.97. The molecule has 0 aliphatic carbocycles. The number of hydrogen-bond donors (Lipinski definition) is 2. The Morgan fingerprint density at radius 2 is 1.79 bits per heavy atom. The second-order valence-electron chi connectivity index (χ2n) is 6.23. The number of aromatic nitrogens is 1. The average Bonchev–Trinajstić information content (AvgIpc) is 2.66. The van der Waals surface area contributed by atoms with Gasteiger partial charge in [0.25, 0.3) is 0 Å². The molecule has 2 rings (SSSR count). The lowest BCUT2D eigenvalue weighted by Crippen LogP contribution is -2.51. The molecule has 156 valence electrons. The van der Waals surface area contributed by atoms with Gasteiger partial charge in [0.15, 0.2) is 0 Å². The van der Waals surface area contributed by atoms with Crippen molar-refractivity contribution in [2.45, 2.75) is 12.5 Å². The highest BCUT2D eigenvalue weighted by Crippen LogP contribution is 2.26. The average molecular weight is 425 g/mol. The highest BCUT2D eigenvalue weighted by molar-refractivity contribution is 7.88. The van der Waals surface area contributed by atoms with Crippen LogP contribution in [0, 0.1) is 5.82 Å². The Kier molecular flexibility index (Phi) is 6.55. The standard InChI is InChI=1S/C18H20FN3O6S/c1-18(22-29(4,25)26,11-5-7-12(19)8-6-11)17(24)21-13-9-14(16(23)28-3)15(27-2)20-10-13/h5-10,22H,1-4H3,(H,21,24). The molecule has 9 nitrogen and oxygen atoms in total. The Labute approximate surface area is 167 Å². The minimum atomic E-state index is -3.83. The normalized spacial score (nSPS) is 13.3. The smallest absolute Gasteiger partial charge is 0.343 e. The number of methoxy groups -OCH3 is 2.